The maximum atomic E-state index is 6.20. The lowest BCUT2D eigenvalue weighted by Crippen LogP contribution is -2.26. The second-order valence-electron chi connectivity index (χ2n) is 5.25. The van der Waals surface area contributed by atoms with Gasteiger partial charge in [-0.2, -0.15) is 0 Å². The van der Waals surface area contributed by atoms with Crippen LogP contribution in [0.4, 0.5) is 17.3 Å². The number of rotatable bonds is 7. The molecule has 0 saturated carbocycles. The molecule has 1 aromatic carbocycles. The van der Waals surface area contributed by atoms with Crippen molar-refractivity contribution in [2.24, 2.45) is 0 Å². The van der Waals surface area contributed by atoms with E-state index in [1.54, 1.807) is 0 Å². The van der Waals surface area contributed by atoms with E-state index in [1.165, 1.54) is 0 Å². The molecule has 1 heterocycles. The molecule has 0 aliphatic carbocycles. The van der Waals surface area contributed by atoms with Gasteiger partial charge in [-0.3, -0.25) is 0 Å². The van der Waals surface area contributed by atoms with E-state index in [9.17, 15) is 0 Å². The number of hydrogen-bond acceptors (Lipinski definition) is 4. The number of anilines is 3. The Bertz CT molecular complexity index is 609. The first kappa shape index (κ1) is 16.6. The number of nitrogens with zero attached hydrogens (tertiary/aromatic N) is 3. The zero-order valence-corrected chi connectivity index (χ0v) is 14.2. The molecule has 0 spiro atoms. The zero-order valence-electron chi connectivity index (χ0n) is 13.4. The smallest absolute Gasteiger partial charge is 0.136 e. The molecule has 2 aromatic rings. The van der Waals surface area contributed by atoms with E-state index in [0.29, 0.717) is 5.02 Å². The summed E-state index contributed by atoms with van der Waals surface area (Å²) >= 11 is 6.20. The predicted molar refractivity (Wildman–Crippen MR) is 94.3 cm³/mol. The van der Waals surface area contributed by atoms with Crippen molar-refractivity contribution < 1.29 is 0 Å². The Kier molecular flexibility index (Phi) is 6.01. The minimum atomic E-state index is 0.680. The van der Waals surface area contributed by atoms with Crippen molar-refractivity contribution in [2.45, 2.75) is 33.6 Å². The summed E-state index contributed by atoms with van der Waals surface area (Å²) < 4.78 is 0. The lowest BCUT2D eigenvalue weighted by atomic mass is 10.3. The summed E-state index contributed by atoms with van der Waals surface area (Å²) in [6, 6.07) is 9.65. The average molecular weight is 319 g/mol. The Hall–Kier alpha value is -1.81. The second-order valence-corrected chi connectivity index (χ2v) is 5.66. The number of nitrogens with one attached hydrogen (secondary N) is 1. The molecule has 0 unspecified atom stereocenters. The van der Waals surface area contributed by atoms with Gasteiger partial charge in [0.05, 0.1) is 10.7 Å². The third-order valence-electron chi connectivity index (χ3n) is 3.27. The molecule has 0 fully saturated rings. The van der Waals surface area contributed by atoms with Crippen LogP contribution in [-0.2, 0) is 0 Å². The number of aryl methyl sites for hydroxylation is 1. The van der Waals surface area contributed by atoms with Crippen LogP contribution in [0.25, 0.3) is 0 Å². The molecule has 2 rings (SSSR count). The molecule has 0 radical (unpaired) electrons. The highest BCUT2D eigenvalue weighted by Gasteiger charge is 2.10. The molecule has 22 heavy (non-hydrogen) atoms. The van der Waals surface area contributed by atoms with Crippen LogP contribution in [0, 0.1) is 6.92 Å². The Morgan fingerprint density at radius 1 is 1.09 bits per heavy atom. The molecule has 0 aliphatic rings. The van der Waals surface area contributed by atoms with E-state index < -0.39 is 0 Å². The molecule has 0 amide bonds. The summed E-state index contributed by atoms with van der Waals surface area (Å²) in [6.45, 7) is 8.27. The molecule has 1 aromatic heterocycles. The molecule has 1 N–H and O–H groups in total. The minimum Gasteiger partial charge on any atom is -0.356 e. The van der Waals surface area contributed by atoms with E-state index in [2.05, 4.69) is 34.0 Å². The van der Waals surface area contributed by atoms with Crippen LogP contribution in [0.2, 0.25) is 5.02 Å². The van der Waals surface area contributed by atoms with Gasteiger partial charge >= 0.3 is 0 Å². The molecule has 4 nitrogen and oxygen atoms in total. The first-order valence-electron chi connectivity index (χ1n) is 7.76. The van der Waals surface area contributed by atoms with Gasteiger partial charge in [-0.15, -0.1) is 0 Å². The summed E-state index contributed by atoms with van der Waals surface area (Å²) in [5, 5.41) is 3.96. The van der Waals surface area contributed by atoms with Crippen molar-refractivity contribution in [1.29, 1.82) is 0 Å². The fraction of sp³-hybridized carbons (Fsp3) is 0.412. The summed E-state index contributed by atoms with van der Waals surface area (Å²) in [4.78, 5) is 11.3. The van der Waals surface area contributed by atoms with Crippen LogP contribution in [-0.4, -0.2) is 23.1 Å². The zero-order chi connectivity index (χ0) is 15.9. The van der Waals surface area contributed by atoms with Crippen molar-refractivity contribution in [2.75, 3.05) is 23.3 Å². The fourth-order valence-electron chi connectivity index (χ4n) is 2.36. The molecule has 0 atom stereocenters. The summed E-state index contributed by atoms with van der Waals surface area (Å²) in [5.74, 6) is 2.49. The van der Waals surface area contributed by atoms with E-state index in [4.69, 9.17) is 11.6 Å². The number of para-hydroxylation sites is 1. The first-order chi connectivity index (χ1) is 10.6. The van der Waals surface area contributed by atoms with E-state index in [-0.39, 0.29) is 0 Å². The van der Waals surface area contributed by atoms with Gasteiger partial charge in [0, 0.05) is 19.2 Å². The number of aromatic nitrogens is 2. The Balaban J connectivity index is 2.27. The van der Waals surface area contributed by atoms with Gasteiger partial charge in [-0.25, -0.2) is 9.97 Å². The van der Waals surface area contributed by atoms with Crippen molar-refractivity contribution >= 4 is 28.9 Å². The fourth-order valence-corrected chi connectivity index (χ4v) is 2.54. The molecular weight excluding hydrogens is 296 g/mol. The molecule has 118 valence electrons. The third kappa shape index (κ3) is 4.34. The molecule has 5 heteroatoms. The van der Waals surface area contributed by atoms with Crippen LogP contribution >= 0.6 is 11.6 Å². The largest absolute Gasteiger partial charge is 0.356 e. The highest BCUT2D eigenvalue weighted by Crippen LogP contribution is 2.25. The van der Waals surface area contributed by atoms with Gasteiger partial charge in [0.15, 0.2) is 0 Å². The molecule has 0 bridgehead atoms. The van der Waals surface area contributed by atoms with E-state index in [0.717, 1.165) is 49.1 Å². The number of hydrogen-bond donors (Lipinski definition) is 1. The average Bonchev–Trinajstić information content (AvgIpc) is 2.49. The first-order valence-corrected chi connectivity index (χ1v) is 8.14. The summed E-state index contributed by atoms with van der Waals surface area (Å²) in [5.41, 5.74) is 0.853. The van der Waals surface area contributed by atoms with Crippen molar-refractivity contribution in [3.63, 3.8) is 0 Å². The second kappa shape index (κ2) is 7.99. The Labute approximate surface area is 137 Å². The van der Waals surface area contributed by atoms with Crippen molar-refractivity contribution in [3.8, 4) is 0 Å². The molecule has 0 saturated heterocycles. The predicted octanol–water partition coefficient (Wildman–Crippen LogP) is 4.81. The maximum absolute atomic E-state index is 6.20. The lowest BCUT2D eigenvalue weighted by molar-refractivity contribution is 0.730. The third-order valence-corrected chi connectivity index (χ3v) is 3.60. The van der Waals surface area contributed by atoms with Gasteiger partial charge < -0.3 is 10.2 Å². The van der Waals surface area contributed by atoms with Crippen LogP contribution in [0.3, 0.4) is 0 Å². The number of benzene rings is 1. The maximum Gasteiger partial charge on any atom is 0.136 e. The lowest BCUT2D eigenvalue weighted by Gasteiger charge is -2.23. The minimum absolute atomic E-state index is 0.680. The van der Waals surface area contributed by atoms with Gasteiger partial charge in [0.2, 0.25) is 0 Å². The topological polar surface area (TPSA) is 41.0 Å². The van der Waals surface area contributed by atoms with Gasteiger partial charge in [-0.05, 0) is 31.9 Å². The normalized spacial score (nSPS) is 10.5. The highest BCUT2D eigenvalue weighted by atomic mass is 35.5. The number of halogens is 1. The SMILES string of the molecule is CCCN(CCC)c1cc(Nc2ccccc2Cl)nc(C)n1. The van der Waals surface area contributed by atoms with E-state index in [1.807, 2.05) is 37.3 Å². The van der Waals surface area contributed by atoms with Crippen molar-refractivity contribution in [3.05, 3.63) is 41.2 Å². The standard InChI is InChI=1S/C17H23ClN4/c1-4-10-22(11-5-2)17-12-16(19-13(3)20-17)21-15-9-7-6-8-14(15)18/h6-9,12H,4-5,10-11H2,1-3H3,(H,19,20,21). The van der Waals surface area contributed by atoms with Crippen LogP contribution in [0.5, 0.6) is 0 Å². The molecular formula is C17H23ClN4. The van der Waals surface area contributed by atoms with E-state index >= 15 is 0 Å². The van der Waals surface area contributed by atoms with Crippen molar-refractivity contribution in [1.82, 2.24) is 9.97 Å². The summed E-state index contributed by atoms with van der Waals surface area (Å²) in [6.07, 6.45) is 2.19. The van der Waals surface area contributed by atoms with Crippen LogP contribution < -0.4 is 10.2 Å². The Morgan fingerprint density at radius 2 is 1.77 bits per heavy atom. The Morgan fingerprint density at radius 3 is 2.41 bits per heavy atom. The highest BCUT2D eigenvalue weighted by molar-refractivity contribution is 6.33. The quantitative estimate of drug-likeness (QED) is 0.795. The van der Waals surface area contributed by atoms with Gasteiger partial charge in [0.25, 0.3) is 0 Å². The van der Waals surface area contributed by atoms with Gasteiger partial charge in [0.1, 0.15) is 17.5 Å². The summed E-state index contributed by atoms with van der Waals surface area (Å²) in [7, 11) is 0. The van der Waals surface area contributed by atoms with Gasteiger partial charge in [-0.1, -0.05) is 37.6 Å². The van der Waals surface area contributed by atoms with Crippen LogP contribution in [0.1, 0.15) is 32.5 Å². The monoisotopic (exact) mass is 318 g/mol. The van der Waals surface area contributed by atoms with Crippen LogP contribution in [0.15, 0.2) is 30.3 Å². The molecule has 0 aliphatic heterocycles.